The molecule has 1 aliphatic carbocycles. The van der Waals surface area contributed by atoms with Crippen LogP contribution in [0.15, 0.2) is 12.7 Å². The molecule has 0 aromatic rings. The highest BCUT2D eigenvalue weighted by atomic mass is 35.5. The third kappa shape index (κ3) is 11.3. The molecule has 1 amide bonds. The number of carbonyl (C=O) groups excluding carboxylic acids is 2. The number of alkyl halides is 4. The molecule has 0 aromatic heterocycles. The minimum Gasteiger partial charge on any atom is -0.461 e. The number of esters is 1. The van der Waals surface area contributed by atoms with Crippen LogP contribution < -0.4 is 5.32 Å². The van der Waals surface area contributed by atoms with Gasteiger partial charge in [0.1, 0.15) is 6.61 Å². The average Bonchev–Trinajstić information content (AvgIpc) is 2.80. The molecule has 0 radical (unpaired) electrons. The van der Waals surface area contributed by atoms with Crippen molar-refractivity contribution < 1.29 is 37.0 Å². The van der Waals surface area contributed by atoms with Crippen LogP contribution in [0.2, 0.25) is 0 Å². The molecule has 34 heavy (non-hydrogen) atoms. The Morgan fingerprint density at radius 2 is 1.85 bits per heavy atom. The van der Waals surface area contributed by atoms with Gasteiger partial charge in [-0.2, -0.15) is 0 Å². The van der Waals surface area contributed by atoms with Gasteiger partial charge in [-0.25, -0.2) is 22.8 Å². The third-order valence-corrected chi connectivity index (χ3v) is 6.51. The van der Waals surface area contributed by atoms with Crippen molar-refractivity contribution in [2.24, 2.45) is 17.8 Å². The molecule has 0 heterocycles. The smallest absolute Gasteiger partial charge is 0.407 e. The van der Waals surface area contributed by atoms with Gasteiger partial charge in [0.25, 0.3) is 5.92 Å². The highest BCUT2D eigenvalue weighted by Crippen LogP contribution is 2.45. The summed E-state index contributed by atoms with van der Waals surface area (Å²) in [6.45, 7) is 7.59. The van der Waals surface area contributed by atoms with Gasteiger partial charge in [0.2, 0.25) is 5.63 Å². The molecule has 1 rings (SSSR count). The van der Waals surface area contributed by atoms with Crippen LogP contribution in [-0.2, 0) is 19.0 Å². The number of hydrogen-bond donors (Lipinski definition) is 1. The summed E-state index contributed by atoms with van der Waals surface area (Å²) in [5.41, 5.74) is -2.73. The first kappa shape index (κ1) is 30.6. The molecule has 0 bridgehead atoms. The Hall–Kier alpha value is -1.48. The Morgan fingerprint density at radius 1 is 1.18 bits per heavy atom. The largest absolute Gasteiger partial charge is 0.461 e. The van der Waals surface area contributed by atoms with E-state index in [9.17, 15) is 22.8 Å². The normalized spacial score (nSPS) is 18.4. The summed E-state index contributed by atoms with van der Waals surface area (Å²) in [4.78, 5) is 22.6. The SMILES string of the molecule is C=CC(=O)OCCNC(=O)OCCC(C)CC(CC(C1CCCCC1)C(F)(F)C(F)Cl)OCC. The van der Waals surface area contributed by atoms with Crippen LogP contribution in [0.4, 0.5) is 18.0 Å². The van der Waals surface area contributed by atoms with Crippen LogP contribution >= 0.6 is 11.6 Å². The zero-order valence-electron chi connectivity index (χ0n) is 20.2. The lowest BCUT2D eigenvalue weighted by molar-refractivity contribution is -0.137. The van der Waals surface area contributed by atoms with Crippen molar-refractivity contribution in [3.05, 3.63) is 12.7 Å². The molecule has 0 aliphatic heterocycles. The maximum Gasteiger partial charge on any atom is 0.407 e. The summed E-state index contributed by atoms with van der Waals surface area (Å²) in [6.07, 6.45) is 4.97. The van der Waals surface area contributed by atoms with Crippen molar-refractivity contribution in [2.45, 2.75) is 82.9 Å². The van der Waals surface area contributed by atoms with E-state index in [1.54, 1.807) is 6.92 Å². The zero-order valence-corrected chi connectivity index (χ0v) is 21.0. The van der Waals surface area contributed by atoms with Crippen molar-refractivity contribution in [1.29, 1.82) is 0 Å². The minimum atomic E-state index is -3.62. The van der Waals surface area contributed by atoms with Crippen molar-refractivity contribution in [3.8, 4) is 0 Å². The van der Waals surface area contributed by atoms with E-state index in [2.05, 4.69) is 11.9 Å². The van der Waals surface area contributed by atoms with Gasteiger partial charge >= 0.3 is 12.1 Å². The van der Waals surface area contributed by atoms with Gasteiger partial charge in [0, 0.05) is 18.6 Å². The summed E-state index contributed by atoms with van der Waals surface area (Å²) >= 11 is 5.28. The van der Waals surface area contributed by atoms with Crippen molar-refractivity contribution in [2.75, 3.05) is 26.4 Å². The van der Waals surface area contributed by atoms with Crippen LogP contribution in [0.1, 0.15) is 65.2 Å². The summed E-state index contributed by atoms with van der Waals surface area (Å²) in [6, 6.07) is 0. The molecule has 198 valence electrons. The molecule has 4 unspecified atom stereocenters. The maximum absolute atomic E-state index is 14.8. The van der Waals surface area contributed by atoms with Gasteiger partial charge < -0.3 is 19.5 Å². The molecule has 1 saturated carbocycles. The molecule has 0 saturated heterocycles. The number of alkyl carbamates (subject to hydrolysis) is 1. The van der Waals surface area contributed by atoms with E-state index < -0.39 is 35.6 Å². The molecule has 1 fully saturated rings. The van der Waals surface area contributed by atoms with Gasteiger partial charge in [-0.05, 0) is 50.9 Å². The summed E-state index contributed by atoms with van der Waals surface area (Å²) < 4.78 is 58.8. The summed E-state index contributed by atoms with van der Waals surface area (Å²) in [5.74, 6) is -5.64. The fourth-order valence-electron chi connectivity index (χ4n) is 4.45. The first-order valence-electron chi connectivity index (χ1n) is 12.1. The molecule has 1 N–H and O–H groups in total. The van der Waals surface area contributed by atoms with Gasteiger partial charge in [-0.15, -0.1) is 0 Å². The number of hydrogen-bond acceptors (Lipinski definition) is 5. The van der Waals surface area contributed by atoms with E-state index in [1.165, 1.54) is 0 Å². The van der Waals surface area contributed by atoms with Gasteiger partial charge in [-0.1, -0.05) is 44.4 Å². The molecule has 4 atom stereocenters. The van der Waals surface area contributed by atoms with Crippen molar-refractivity contribution in [1.82, 2.24) is 5.32 Å². The van der Waals surface area contributed by atoms with E-state index in [0.29, 0.717) is 32.3 Å². The lowest BCUT2D eigenvalue weighted by Gasteiger charge is -2.38. The molecular weight excluding hydrogens is 475 g/mol. The zero-order chi connectivity index (χ0) is 25.6. The fourth-order valence-corrected chi connectivity index (χ4v) is 4.61. The van der Waals surface area contributed by atoms with Gasteiger partial charge in [0.15, 0.2) is 0 Å². The number of rotatable bonds is 16. The Labute approximate surface area is 205 Å². The highest BCUT2D eigenvalue weighted by molar-refractivity contribution is 6.20. The van der Waals surface area contributed by atoms with Crippen molar-refractivity contribution in [3.63, 3.8) is 0 Å². The monoisotopic (exact) mass is 513 g/mol. The second-order valence-corrected chi connectivity index (χ2v) is 9.24. The van der Waals surface area contributed by atoms with Crippen LogP contribution in [0, 0.1) is 17.8 Å². The first-order valence-corrected chi connectivity index (χ1v) is 12.5. The fraction of sp³-hybridized carbons (Fsp3) is 0.833. The Bertz CT molecular complexity index is 617. The lowest BCUT2D eigenvalue weighted by atomic mass is 9.74. The molecule has 6 nitrogen and oxygen atoms in total. The van der Waals surface area contributed by atoms with Gasteiger partial charge in [-0.3, -0.25) is 0 Å². The lowest BCUT2D eigenvalue weighted by Crippen LogP contribution is -2.43. The van der Waals surface area contributed by atoms with E-state index in [0.717, 1.165) is 25.3 Å². The predicted molar refractivity (Wildman–Crippen MR) is 125 cm³/mol. The Kier molecular flexibility index (Phi) is 14.6. The molecule has 0 aromatic carbocycles. The molecule has 1 aliphatic rings. The van der Waals surface area contributed by atoms with E-state index in [4.69, 9.17) is 25.8 Å². The second kappa shape index (κ2) is 16.2. The first-order chi connectivity index (χ1) is 16.1. The third-order valence-electron chi connectivity index (χ3n) is 6.21. The molecular formula is C24H39ClF3NO5. The maximum atomic E-state index is 14.8. The number of ether oxygens (including phenoxy) is 3. The van der Waals surface area contributed by atoms with Crippen molar-refractivity contribution >= 4 is 23.7 Å². The van der Waals surface area contributed by atoms with Crippen LogP contribution in [-0.4, -0.2) is 56.1 Å². The number of carbonyl (C=O) groups is 2. The summed E-state index contributed by atoms with van der Waals surface area (Å²) in [7, 11) is 0. The predicted octanol–water partition coefficient (Wildman–Crippen LogP) is 6.02. The number of nitrogens with one attached hydrogen (secondary N) is 1. The van der Waals surface area contributed by atoms with E-state index in [1.807, 2.05) is 6.92 Å². The highest BCUT2D eigenvalue weighted by Gasteiger charge is 2.51. The van der Waals surface area contributed by atoms with Crippen LogP contribution in [0.3, 0.4) is 0 Å². The second-order valence-electron chi connectivity index (χ2n) is 8.86. The summed E-state index contributed by atoms with van der Waals surface area (Å²) in [5, 5.41) is 2.46. The molecule has 10 heteroatoms. The topological polar surface area (TPSA) is 73.9 Å². The van der Waals surface area contributed by atoms with Gasteiger partial charge in [0.05, 0.1) is 19.3 Å². The van der Waals surface area contributed by atoms with E-state index in [-0.39, 0.29) is 38.0 Å². The number of amides is 1. The average molecular weight is 514 g/mol. The molecule has 0 spiro atoms. The standard InChI is InChI=1S/C24H39ClF3NO5/c1-4-21(30)33-14-12-29-23(31)34-13-11-17(3)15-19(32-5-2)16-20(24(27,28)22(25)26)18-9-7-6-8-10-18/h4,17-20,22H,1,5-16H2,2-3H3,(H,29,31). The van der Waals surface area contributed by atoms with E-state index >= 15 is 0 Å². The quantitative estimate of drug-likeness (QED) is 0.118. The Balaban J connectivity index is 2.54. The van der Waals surface area contributed by atoms with Crippen LogP contribution in [0.5, 0.6) is 0 Å². The minimum absolute atomic E-state index is 0.00122. The van der Waals surface area contributed by atoms with Crippen LogP contribution in [0.25, 0.3) is 0 Å². The number of halogens is 4. The Morgan fingerprint density at radius 3 is 2.44 bits per heavy atom.